The Morgan fingerprint density at radius 1 is 1.10 bits per heavy atom. The molecule has 2 fully saturated rings. The fourth-order valence-electron chi connectivity index (χ4n) is 4.53. The lowest BCUT2D eigenvalue weighted by atomic mass is 10.1. The van der Waals surface area contributed by atoms with Gasteiger partial charge in [-0.3, -0.25) is 20.0 Å². The van der Waals surface area contributed by atoms with Gasteiger partial charge in [0.2, 0.25) is 0 Å². The summed E-state index contributed by atoms with van der Waals surface area (Å²) in [6.45, 7) is 4.11. The van der Waals surface area contributed by atoms with E-state index in [1.54, 1.807) is 24.4 Å². The highest BCUT2D eigenvalue weighted by Gasteiger charge is 2.40. The van der Waals surface area contributed by atoms with Gasteiger partial charge < -0.3 is 9.64 Å². The van der Waals surface area contributed by atoms with Crippen LogP contribution in [0.25, 0.3) is 10.9 Å². The molecule has 7 heteroatoms. The fraction of sp³-hybridized carbons (Fsp3) is 0.318. The van der Waals surface area contributed by atoms with Gasteiger partial charge in [-0.15, -0.1) is 0 Å². The van der Waals surface area contributed by atoms with Gasteiger partial charge in [0.25, 0.3) is 5.69 Å². The maximum Gasteiger partial charge on any atom is 0.278 e. The minimum absolute atomic E-state index is 0.0930. The van der Waals surface area contributed by atoms with Crippen molar-refractivity contribution in [1.82, 2.24) is 9.88 Å². The number of nitro groups is 1. The lowest BCUT2D eigenvalue weighted by Crippen LogP contribution is -2.50. The number of hydrogen-bond acceptors (Lipinski definition) is 6. The molecule has 1 aromatic heterocycles. The van der Waals surface area contributed by atoms with Gasteiger partial charge in [0.15, 0.2) is 0 Å². The van der Waals surface area contributed by atoms with Crippen LogP contribution in [0.5, 0.6) is 0 Å². The highest BCUT2D eigenvalue weighted by atomic mass is 16.6. The number of nitro benzene ring substituents is 1. The molecule has 3 heterocycles. The molecule has 2 aliphatic rings. The van der Waals surface area contributed by atoms with Crippen LogP contribution in [0.4, 0.5) is 11.4 Å². The van der Waals surface area contributed by atoms with Gasteiger partial charge in [-0.25, -0.2) is 0 Å². The molecule has 0 bridgehead atoms. The molecule has 148 valence electrons. The third kappa shape index (κ3) is 3.32. The molecule has 0 aliphatic carbocycles. The number of fused-ring (bicyclic) bond motifs is 2. The number of ether oxygens (including phenoxy) is 1. The Balaban J connectivity index is 1.44. The first kappa shape index (κ1) is 18.0. The van der Waals surface area contributed by atoms with Crippen LogP contribution in [0.1, 0.15) is 5.56 Å². The van der Waals surface area contributed by atoms with Crippen molar-refractivity contribution in [1.29, 1.82) is 0 Å². The van der Waals surface area contributed by atoms with Crippen molar-refractivity contribution in [2.75, 3.05) is 31.1 Å². The summed E-state index contributed by atoms with van der Waals surface area (Å²) in [5.74, 6) is 0. The lowest BCUT2D eigenvalue weighted by Gasteiger charge is -2.36. The standard InChI is InChI=1S/C22H22N4O3/c27-26(28)18-8-9-19(22-17(18)7-4-10-23-22)25-14-20-21(15-25)29-12-11-24(20)13-16-5-2-1-3-6-16/h1-10,20-21H,11-15H2. The lowest BCUT2D eigenvalue weighted by molar-refractivity contribution is -0.383. The van der Waals surface area contributed by atoms with Crippen molar-refractivity contribution in [3.05, 3.63) is 76.5 Å². The minimum Gasteiger partial charge on any atom is -0.373 e. The number of benzene rings is 2. The zero-order chi connectivity index (χ0) is 19.8. The predicted octanol–water partition coefficient (Wildman–Crippen LogP) is 3.23. The van der Waals surface area contributed by atoms with Crippen LogP contribution in [0.2, 0.25) is 0 Å². The van der Waals surface area contributed by atoms with Crippen molar-refractivity contribution in [2.45, 2.75) is 18.7 Å². The first-order chi connectivity index (χ1) is 14.2. The van der Waals surface area contributed by atoms with Crippen molar-refractivity contribution in [2.24, 2.45) is 0 Å². The average molecular weight is 390 g/mol. The van der Waals surface area contributed by atoms with E-state index in [0.29, 0.717) is 10.9 Å². The van der Waals surface area contributed by atoms with Gasteiger partial charge in [0.1, 0.15) is 5.52 Å². The van der Waals surface area contributed by atoms with Crippen LogP contribution in [0.3, 0.4) is 0 Å². The first-order valence-corrected chi connectivity index (χ1v) is 9.87. The second-order valence-electron chi connectivity index (χ2n) is 7.60. The predicted molar refractivity (Wildman–Crippen MR) is 111 cm³/mol. The first-order valence-electron chi connectivity index (χ1n) is 9.87. The molecule has 3 aromatic rings. The van der Waals surface area contributed by atoms with Crippen molar-refractivity contribution in [3.63, 3.8) is 0 Å². The molecule has 5 rings (SSSR count). The highest BCUT2D eigenvalue weighted by molar-refractivity contribution is 5.97. The van der Waals surface area contributed by atoms with Crippen molar-refractivity contribution >= 4 is 22.3 Å². The fourth-order valence-corrected chi connectivity index (χ4v) is 4.53. The van der Waals surface area contributed by atoms with E-state index in [0.717, 1.165) is 38.5 Å². The second-order valence-corrected chi connectivity index (χ2v) is 7.60. The van der Waals surface area contributed by atoms with Crippen LogP contribution in [-0.4, -0.2) is 53.2 Å². The highest BCUT2D eigenvalue weighted by Crippen LogP contribution is 2.35. The van der Waals surface area contributed by atoms with Gasteiger partial charge in [0.05, 0.1) is 34.7 Å². The van der Waals surface area contributed by atoms with Gasteiger partial charge >= 0.3 is 0 Å². The average Bonchev–Trinajstić information content (AvgIpc) is 3.19. The normalized spacial score (nSPS) is 22.0. The molecular weight excluding hydrogens is 368 g/mol. The summed E-state index contributed by atoms with van der Waals surface area (Å²) in [7, 11) is 0. The summed E-state index contributed by atoms with van der Waals surface area (Å²) in [5, 5.41) is 12.0. The molecule has 2 unspecified atom stereocenters. The molecule has 0 N–H and O–H groups in total. The number of non-ortho nitro benzene ring substituents is 1. The Kier molecular flexibility index (Phi) is 4.61. The van der Waals surface area contributed by atoms with Crippen LogP contribution in [0.15, 0.2) is 60.8 Å². The van der Waals surface area contributed by atoms with Crippen LogP contribution >= 0.6 is 0 Å². The van der Waals surface area contributed by atoms with Crippen molar-refractivity contribution in [3.8, 4) is 0 Å². The number of rotatable bonds is 4. The number of nitrogens with zero attached hydrogens (tertiary/aromatic N) is 4. The summed E-state index contributed by atoms with van der Waals surface area (Å²) >= 11 is 0. The second kappa shape index (κ2) is 7.42. The smallest absolute Gasteiger partial charge is 0.278 e. The number of morpholine rings is 1. The Morgan fingerprint density at radius 3 is 2.79 bits per heavy atom. The third-order valence-electron chi connectivity index (χ3n) is 5.91. The zero-order valence-electron chi connectivity index (χ0n) is 16.0. The van der Waals surface area contributed by atoms with Gasteiger partial charge in [-0.2, -0.15) is 0 Å². The Labute approximate surface area is 168 Å². The summed E-state index contributed by atoms with van der Waals surface area (Å²) in [6.07, 6.45) is 1.82. The molecule has 0 radical (unpaired) electrons. The number of hydrogen-bond donors (Lipinski definition) is 0. The van der Waals surface area contributed by atoms with Crippen LogP contribution < -0.4 is 4.90 Å². The van der Waals surface area contributed by atoms with Gasteiger partial charge in [0, 0.05) is 38.4 Å². The van der Waals surface area contributed by atoms with E-state index in [1.165, 1.54) is 5.56 Å². The summed E-state index contributed by atoms with van der Waals surface area (Å²) in [4.78, 5) is 20.3. The van der Waals surface area contributed by atoms with Gasteiger partial charge in [-0.1, -0.05) is 30.3 Å². The Bertz CT molecular complexity index is 1040. The van der Waals surface area contributed by atoms with E-state index in [1.807, 2.05) is 12.1 Å². The largest absolute Gasteiger partial charge is 0.373 e. The Morgan fingerprint density at radius 2 is 1.97 bits per heavy atom. The molecule has 0 amide bonds. The van der Waals surface area contributed by atoms with E-state index in [4.69, 9.17) is 4.74 Å². The maximum absolute atomic E-state index is 11.4. The summed E-state index contributed by atoms with van der Waals surface area (Å²) in [6, 6.07) is 17.7. The summed E-state index contributed by atoms with van der Waals surface area (Å²) < 4.78 is 6.08. The molecule has 2 aliphatic heterocycles. The Hall–Kier alpha value is -3.03. The molecule has 2 atom stereocenters. The number of anilines is 1. The molecule has 2 saturated heterocycles. The minimum atomic E-state index is -0.345. The van der Waals surface area contributed by atoms with Crippen LogP contribution in [0, 0.1) is 10.1 Å². The van der Waals surface area contributed by atoms with E-state index in [2.05, 4.69) is 39.0 Å². The molecule has 29 heavy (non-hydrogen) atoms. The van der Waals surface area contributed by atoms with Crippen molar-refractivity contribution < 1.29 is 9.66 Å². The van der Waals surface area contributed by atoms with E-state index in [-0.39, 0.29) is 22.8 Å². The molecule has 0 spiro atoms. The third-order valence-corrected chi connectivity index (χ3v) is 5.91. The topological polar surface area (TPSA) is 71.7 Å². The van der Waals surface area contributed by atoms with E-state index < -0.39 is 0 Å². The summed E-state index contributed by atoms with van der Waals surface area (Å²) in [5.41, 5.74) is 3.00. The van der Waals surface area contributed by atoms with E-state index in [9.17, 15) is 10.1 Å². The van der Waals surface area contributed by atoms with E-state index >= 15 is 0 Å². The number of aromatic nitrogens is 1. The molecule has 7 nitrogen and oxygen atoms in total. The molecule has 0 saturated carbocycles. The monoisotopic (exact) mass is 390 g/mol. The number of pyridine rings is 1. The van der Waals surface area contributed by atoms with Crippen LogP contribution in [-0.2, 0) is 11.3 Å². The zero-order valence-corrected chi connectivity index (χ0v) is 16.0. The maximum atomic E-state index is 11.4. The quantitative estimate of drug-likeness (QED) is 0.503. The molecular formula is C22H22N4O3. The molecule has 2 aromatic carbocycles. The SMILES string of the molecule is O=[N+]([O-])c1ccc(N2CC3OCCN(Cc4ccccc4)C3C2)c2ncccc12. The van der Waals surface area contributed by atoms with Gasteiger partial charge in [-0.05, 0) is 23.8 Å².